The summed E-state index contributed by atoms with van der Waals surface area (Å²) >= 11 is 0. The summed E-state index contributed by atoms with van der Waals surface area (Å²) in [7, 11) is -2.56. The van der Waals surface area contributed by atoms with Crippen LogP contribution in [0.4, 0.5) is 0 Å². The molecule has 3 nitrogen and oxygen atoms in total. The van der Waals surface area contributed by atoms with Crippen molar-refractivity contribution in [2.45, 2.75) is 11.8 Å². The summed E-state index contributed by atoms with van der Waals surface area (Å²) in [5.74, 6) is 0. The Kier molecular flexibility index (Phi) is 6.67. The van der Waals surface area contributed by atoms with E-state index in [4.69, 9.17) is 9.42 Å². The fourth-order valence-corrected chi connectivity index (χ4v) is 3.61. The van der Waals surface area contributed by atoms with Gasteiger partial charge >= 0.3 is 8.25 Å². The van der Waals surface area contributed by atoms with Crippen LogP contribution >= 0.6 is 8.25 Å². The molecule has 3 aromatic rings. The Bertz CT molecular complexity index is 781. The lowest BCUT2D eigenvalue weighted by molar-refractivity contribution is 0.287. The number of hydrogen-bond donors (Lipinski definition) is 1. The summed E-state index contributed by atoms with van der Waals surface area (Å²) < 4.78 is 15.5. The zero-order valence-electron chi connectivity index (χ0n) is 14.9. The fraction of sp³-hybridized carbons (Fsp3) is 0.130. The molecule has 0 aliphatic carbocycles. The van der Waals surface area contributed by atoms with Crippen LogP contribution in [0.2, 0.25) is 0 Å². The topological polar surface area (TPSA) is 46.5 Å². The Morgan fingerprint density at radius 1 is 0.778 bits per heavy atom. The average molecular weight is 377 g/mol. The third-order valence-corrected chi connectivity index (χ3v) is 4.94. The predicted molar refractivity (Wildman–Crippen MR) is 109 cm³/mol. The third kappa shape index (κ3) is 4.58. The molecule has 3 aromatic carbocycles. The van der Waals surface area contributed by atoms with Crippen molar-refractivity contribution in [3.05, 3.63) is 120 Å². The molecule has 27 heavy (non-hydrogen) atoms. The van der Waals surface area contributed by atoms with Crippen molar-refractivity contribution in [1.29, 1.82) is 0 Å². The van der Waals surface area contributed by atoms with E-state index in [0.29, 0.717) is 6.42 Å². The van der Waals surface area contributed by atoms with E-state index < -0.39 is 13.7 Å². The molecule has 4 heteroatoms. The van der Waals surface area contributed by atoms with E-state index in [2.05, 4.69) is 42.5 Å². The van der Waals surface area contributed by atoms with Crippen LogP contribution in [0.3, 0.4) is 0 Å². The molecular weight excluding hydrogens is 355 g/mol. The Labute approximate surface area is 160 Å². The van der Waals surface area contributed by atoms with Gasteiger partial charge < -0.3 is 0 Å². The summed E-state index contributed by atoms with van der Waals surface area (Å²) in [5.41, 5.74) is 3.03. The Hall–Kier alpha value is -2.58. The minimum absolute atomic E-state index is 0.205. The summed E-state index contributed by atoms with van der Waals surface area (Å²) in [5, 5.41) is 0. The largest absolute Gasteiger partial charge is 0.366 e. The Balaban J connectivity index is 2.11. The van der Waals surface area contributed by atoms with Gasteiger partial charge in [0.15, 0.2) is 0 Å². The molecule has 0 aliphatic rings. The van der Waals surface area contributed by atoms with Crippen molar-refractivity contribution >= 4 is 8.25 Å². The van der Waals surface area contributed by atoms with Crippen LogP contribution in [-0.2, 0) is 14.5 Å². The van der Waals surface area contributed by atoms with Crippen molar-refractivity contribution in [3.8, 4) is 0 Å². The summed E-state index contributed by atoms with van der Waals surface area (Å²) in [6.45, 7) is 0.205. The Morgan fingerprint density at radius 2 is 1.19 bits per heavy atom. The molecule has 0 saturated carbocycles. The molecule has 0 fully saturated rings. The van der Waals surface area contributed by atoms with Crippen LogP contribution < -0.4 is 0 Å². The second-order valence-electron chi connectivity index (χ2n) is 6.17. The lowest BCUT2D eigenvalue weighted by atomic mass is 9.69. The Morgan fingerprint density at radius 3 is 1.56 bits per heavy atom. The summed E-state index contributed by atoms with van der Waals surface area (Å²) in [6, 6.07) is 31.1. The molecule has 1 radical (unpaired) electrons. The van der Waals surface area contributed by atoms with Crippen LogP contribution in [0.15, 0.2) is 103 Å². The first kappa shape index (κ1) is 19.2. The smallest absolute Gasteiger partial charge is 0.298 e. The average Bonchev–Trinajstić information content (AvgIpc) is 2.73. The van der Waals surface area contributed by atoms with Crippen molar-refractivity contribution in [2.75, 3.05) is 6.61 Å². The lowest BCUT2D eigenvalue weighted by Gasteiger charge is -2.33. The lowest BCUT2D eigenvalue weighted by Crippen LogP contribution is -2.27. The van der Waals surface area contributed by atoms with E-state index in [-0.39, 0.29) is 6.61 Å². The molecule has 1 N–H and O–H groups in total. The van der Waals surface area contributed by atoms with Gasteiger partial charge in [0.1, 0.15) is 0 Å². The van der Waals surface area contributed by atoms with Crippen LogP contribution in [0, 0.1) is 0 Å². The molecule has 0 saturated heterocycles. The third-order valence-electron chi connectivity index (χ3n) is 4.54. The van der Waals surface area contributed by atoms with E-state index in [0.717, 1.165) is 16.7 Å². The van der Waals surface area contributed by atoms with Gasteiger partial charge in [-0.25, -0.2) is 4.57 Å². The molecular formula is C23H22O3P. The maximum Gasteiger partial charge on any atom is 0.366 e. The molecule has 0 spiro atoms. The second-order valence-corrected chi connectivity index (χ2v) is 6.90. The SMILES string of the molecule is O=[P](O)OCCC=CC(c1ccccc1)(c1ccccc1)c1ccccc1. The minimum Gasteiger partial charge on any atom is -0.298 e. The molecule has 0 bridgehead atoms. The van der Waals surface area contributed by atoms with Gasteiger partial charge in [0.05, 0.1) is 12.0 Å². The predicted octanol–water partition coefficient (Wildman–Crippen LogP) is 5.63. The van der Waals surface area contributed by atoms with Gasteiger partial charge in [-0.15, -0.1) is 0 Å². The second kappa shape index (κ2) is 9.38. The maximum atomic E-state index is 10.7. The standard InChI is InChI=1S/C23H22O3P/c24-27(25)26-19-11-10-18-23(20-12-4-1-5-13-20,21-14-6-2-7-15-21)22-16-8-3-9-17-22/h1-10,12-18H,11,19H2,(H,24,25). The normalized spacial score (nSPS) is 12.3. The summed E-state index contributed by atoms with van der Waals surface area (Å²) in [4.78, 5) is 8.81. The number of hydrogen-bond acceptors (Lipinski definition) is 2. The summed E-state index contributed by atoms with van der Waals surface area (Å²) in [6.07, 6.45) is 4.74. The van der Waals surface area contributed by atoms with Gasteiger partial charge in [-0.2, -0.15) is 0 Å². The highest BCUT2D eigenvalue weighted by Crippen LogP contribution is 2.40. The van der Waals surface area contributed by atoms with Gasteiger partial charge in [-0.3, -0.25) is 9.42 Å². The van der Waals surface area contributed by atoms with E-state index in [9.17, 15) is 4.57 Å². The quantitative estimate of drug-likeness (QED) is 0.239. The van der Waals surface area contributed by atoms with Crippen molar-refractivity contribution in [1.82, 2.24) is 0 Å². The zero-order valence-corrected chi connectivity index (χ0v) is 15.8. The van der Waals surface area contributed by atoms with Gasteiger partial charge in [0.2, 0.25) is 0 Å². The first-order valence-corrected chi connectivity index (χ1v) is 10.00. The van der Waals surface area contributed by atoms with Gasteiger partial charge in [-0.05, 0) is 23.1 Å². The molecule has 1 unspecified atom stereocenters. The van der Waals surface area contributed by atoms with Crippen LogP contribution in [-0.4, -0.2) is 11.5 Å². The van der Waals surface area contributed by atoms with Crippen LogP contribution in [0.25, 0.3) is 0 Å². The van der Waals surface area contributed by atoms with Gasteiger partial charge in [0.25, 0.3) is 0 Å². The number of allylic oxidation sites excluding steroid dienone is 1. The molecule has 0 heterocycles. The highest BCUT2D eigenvalue weighted by molar-refractivity contribution is 7.32. The molecule has 1 atom stereocenters. The molecule has 137 valence electrons. The monoisotopic (exact) mass is 377 g/mol. The van der Waals surface area contributed by atoms with E-state index in [1.54, 1.807) is 0 Å². The molecule has 0 aliphatic heterocycles. The zero-order chi connectivity index (χ0) is 19.0. The van der Waals surface area contributed by atoms with E-state index >= 15 is 0 Å². The fourth-order valence-electron chi connectivity index (χ4n) is 3.35. The first-order chi connectivity index (χ1) is 13.2. The first-order valence-electron chi connectivity index (χ1n) is 8.87. The maximum absolute atomic E-state index is 10.7. The number of benzene rings is 3. The number of rotatable bonds is 8. The van der Waals surface area contributed by atoms with Gasteiger partial charge in [0, 0.05) is 0 Å². The molecule has 0 amide bonds. The van der Waals surface area contributed by atoms with E-state index in [1.165, 1.54) is 0 Å². The van der Waals surface area contributed by atoms with Gasteiger partial charge in [-0.1, -0.05) is 103 Å². The van der Waals surface area contributed by atoms with E-state index in [1.807, 2.05) is 60.7 Å². The highest BCUT2D eigenvalue weighted by Gasteiger charge is 2.33. The van der Waals surface area contributed by atoms with Crippen molar-refractivity contribution in [3.63, 3.8) is 0 Å². The minimum atomic E-state index is -2.56. The molecule has 0 aromatic heterocycles. The molecule has 3 rings (SSSR count). The highest BCUT2D eigenvalue weighted by atomic mass is 31.1. The van der Waals surface area contributed by atoms with Crippen LogP contribution in [0.5, 0.6) is 0 Å². The van der Waals surface area contributed by atoms with Crippen molar-refractivity contribution < 1.29 is 14.0 Å². The van der Waals surface area contributed by atoms with Crippen molar-refractivity contribution in [2.24, 2.45) is 0 Å². The van der Waals surface area contributed by atoms with Crippen LogP contribution in [0.1, 0.15) is 23.1 Å².